The molecule has 0 aliphatic carbocycles. The monoisotopic (exact) mass is 454 g/mol. The highest BCUT2D eigenvalue weighted by Crippen LogP contribution is 2.17. The Hall–Kier alpha value is -1.78. The summed E-state index contributed by atoms with van der Waals surface area (Å²) in [6.07, 6.45) is 0. The van der Waals surface area contributed by atoms with Gasteiger partial charge in [0, 0.05) is 18.6 Å². The number of aliphatic imine (C=N–C) groups is 1. The maximum atomic E-state index is 8.94. The molecule has 1 atom stereocenters. The minimum atomic E-state index is 0. The number of guanidine groups is 1. The molecule has 0 amide bonds. The van der Waals surface area contributed by atoms with Crippen LogP contribution in [0.5, 0.6) is 0 Å². The number of hydrogen-bond acceptors (Lipinski definition) is 2. The number of hydrogen-bond donors (Lipinski definition) is 2. The van der Waals surface area contributed by atoms with E-state index < -0.39 is 0 Å². The molecule has 2 N–H and O–H groups in total. The third-order valence-corrected chi connectivity index (χ3v) is 3.68. The van der Waals surface area contributed by atoms with E-state index in [0.717, 1.165) is 11.1 Å². The van der Waals surface area contributed by atoms with Crippen molar-refractivity contribution in [2.24, 2.45) is 4.99 Å². The molecule has 0 saturated heterocycles. The van der Waals surface area contributed by atoms with E-state index >= 15 is 0 Å². The van der Waals surface area contributed by atoms with Crippen molar-refractivity contribution in [1.29, 1.82) is 5.26 Å². The first-order valence-electron chi connectivity index (χ1n) is 7.34. The number of rotatable bonds is 4. The maximum absolute atomic E-state index is 8.94. The highest BCUT2D eigenvalue weighted by molar-refractivity contribution is 14.0. The van der Waals surface area contributed by atoms with Crippen molar-refractivity contribution < 1.29 is 0 Å². The fourth-order valence-corrected chi connectivity index (χ4v) is 2.39. The van der Waals surface area contributed by atoms with Crippen molar-refractivity contribution in [2.45, 2.75) is 19.5 Å². The summed E-state index contributed by atoms with van der Waals surface area (Å²) in [6, 6.07) is 17.5. The summed E-state index contributed by atoms with van der Waals surface area (Å²) in [7, 11) is 1.73. The number of nitrogens with zero attached hydrogens (tertiary/aromatic N) is 2. The van der Waals surface area contributed by atoms with Gasteiger partial charge in [0.1, 0.15) is 0 Å². The average molecular weight is 455 g/mol. The summed E-state index contributed by atoms with van der Waals surface area (Å²) in [6.45, 7) is 2.65. The summed E-state index contributed by atoms with van der Waals surface area (Å²) in [5, 5.41) is 16.2. The average Bonchev–Trinajstić information content (AvgIpc) is 2.58. The van der Waals surface area contributed by atoms with Crippen LogP contribution in [0.25, 0.3) is 0 Å². The van der Waals surface area contributed by atoms with Gasteiger partial charge >= 0.3 is 0 Å². The highest BCUT2D eigenvalue weighted by atomic mass is 127. The van der Waals surface area contributed by atoms with Gasteiger partial charge in [-0.05, 0) is 42.3 Å². The zero-order chi connectivity index (χ0) is 16.7. The van der Waals surface area contributed by atoms with Crippen molar-refractivity contribution in [3.05, 3.63) is 70.2 Å². The Labute approximate surface area is 165 Å². The molecular formula is C18H20ClIN4. The fraction of sp³-hybridized carbons (Fsp3) is 0.222. The Kier molecular flexibility index (Phi) is 8.58. The Bertz CT molecular complexity index is 740. The van der Waals surface area contributed by atoms with Gasteiger partial charge in [-0.3, -0.25) is 4.99 Å². The van der Waals surface area contributed by atoms with Gasteiger partial charge in [-0.15, -0.1) is 24.0 Å². The Morgan fingerprint density at radius 3 is 2.67 bits per heavy atom. The van der Waals surface area contributed by atoms with Crippen LogP contribution in [0.2, 0.25) is 5.02 Å². The van der Waals surface area contributed by atoms with Gasteiger partial charge in [0.15, 0.2) is 5.96 Å². The molecule has 2 aromatic carbocycles. The molecule has 0 spiro atoms. The molecule has 0 aliphatic rings. The molecule has 126 valence electrons. The molecule has 0 fully saturated rings. The molecule has 4 nitrogen and oxygen atoms in total. The first kappa shape index (κ1) is 20.3. The fourth-order valence-electron chi connectivity index (χ4n) is 2.20. The van der Waals surface area contributed by atoms with E-state index in [1.54, 1.807) is 13.1 Å². The largest absolute Gasteiger partial charge is 0.352 e. The van der Waals surface area contributed by atoms with Crippen LogP contribution in [0.1, 0.15) is 29.7 Å². The highest BCUT2D eigenvalue weighted by Gasteiger charge is 2.08. The predicted octanol–water partition coefficient (Wildman–Crippen LogP) is 4.26. The van der Waals surface area contributed by atoms with Gasteiger partial charge in [-0.1, -0.05) is 35.9 Å². The summed E-state index contributed by atoms with van der Waals surface area (Å²) in [5.74, 6) is 0.694. The van der Waals surface area contributed by atoms with Gasteiger partial charge in [-0.2, -0.15) is 5.26 Å². The summed E-state index contributed by atoms with van der Waals surface area (Å²) >= 11 is 6.03. The number of nitrogens with one attached hydrogen (secondary N) is 2. The van der Waals surface area contributed by atoms with Crippen LogP contribution >= 0.6 is 35.6 Å². The van der Waals surface area contributed by atoms with Gasteiger partial charge in [0.05, 0.1) is 17.7 Å². The van der Waals surface area contributed by atoms with Gasteiger partial charge < -0.3 is 10.6 Å². The number of halogens is 2. The molecule has 1 unspecified atom stereocenters. The third-order valence-electron chi connectivity index (χ3n) is 3.44. The van der Waals surface area contributed by atoms with E-state index in [-0.39, 0.29) is 30.0 Å². The lowest BCUT2D eigenvalue weighted by Gasteiger charge is -2.18. The van der Waals surface area contributed by atoms with Crippen molar-refractivity contribution in [1.82, 2.24) is 10.6 Å². The van der Waals surface area contributed by atoms with Crippen molar-refractivity contribution in [3.63, 3.8) is 0 Å². The quantitative estimate of drug-likeness (QED) is 0.412. The lowest BCUT2D eigenvalue weighted by atomic mass is 10.1. The Balaban J connectivity index is 0.00000288. The van der Waals surface area contributed by atoms with Crippen LogP contribution in [0.15, 0.2) is 53.5 Å². The van der Waals surface area contributed by atoms with Gasteiger partial charge in [0.25, 0.3) is 0 Å². The molecule has 0 bridgehead atoms. The van der Waals surface area contributed by atoms with Crippen LogP contribution in [0.3, 0.4) is 0 Å². The molecule has 6 heteroatoms. The lowest BCUT2D eigenvalue weighted by Crippen LogP contribution is -2.38. The molecule has 24 heavy (non-hydrogen) atoms. The van der Waals surface area contributed by atoms with Gasteiger partial charge in [-0.25, -0.2) is 0 Å². The molecule has 0 aromatic heterocycles. The summed E-state index contributed by atoms with van der Waals surface area (Å²) in [4.78, 5) is 4.23. The van der Waals surface area contributed by atoms with Crippen molar-refractivity contribution >= 4 is 41.5 Å². The molecule has 0 aliphatic heterocycles. The van der Waals surface area contributed by atoms with Gasteiger partial charge in [0.2, 0.25) is 0 Å². The van der Waals surface area contributed by atoms with E-state index in [9.17, 15) is 0 Å². The van der Waals surface area contributed by atoms with Crippen molar-refractivity contribution in [3.8, 4) is 6.07 Å². The zero-order valence-electron chi connectivity index (χ0n) is 13.6. The van der Waals surface area contributed by atoms with Crippen LogP contribution < -0.4 is 10.6 Å². The number of nitriles is 1. The Morgan fingerprint density at radius 2 is 2.00 bits per heavy atom. The molecule has 2 rings (SSSR count). The first-order chi connectivity index (χ1) is 11.1. The lowest BCUT2D eigenvalue weighted by molar-refractivity contribution is 0.685. The SMILES string of the molecule is CN=C(NCc1cccc(C#N)c1)NC(C)c1cccc(Cl)c1.I. The van der Waals surface area contributed by atoms with Crippen LogP contribution in [-0.4, -0.2) is 13.0 Å². The summed E-state index contributed by atoms with van der Waals surface area (Å²) < 4.78 is 0. The smallest absolute Gasteiger partial charge is 0.191 e. The van der Waals surface area contributed by atoms with Crippen molar-refractivity contribution in [2.75, 3.05) is 7.05 Å². The molecule has 0 saturated carbocycles. The summed E-state index contributed by atoms with van der Waals surface area (Å²) in [5.41, 5.74) is 2.77. The van der Waals surface area contributed by atoms with E-state index in [1.807, 2.05) is 42.5 Å². The zero-order valence-corrected chi connectivity index (χ0v) is 16.7. The Morgan fingerprint density at radius 1 is 1.25 bits per heavy atom. The third kappa shape index (κ3) is 6.02. The van der Waals surface area contributed by atoms with Crippen LogP contribution in [0, 0.1) is 11.3 Å². The maximum Gasteiger partial charge on any atom is 0.191 e. The second-order valence-corrected chi connectivity index (χ2v) is 5.60. The second-order valence-electron chi connectivity index (χ2n) is 5.16. The van der Waals surface area contributed by atoms with E-state index in [0.29, 0.717) is 23.1 Å². The second kappa shape index (κ2) is 10.2. The first-order valence-corrected chi connectivity index (χ1v) is 7.72. The van der Waals surface area contributed by atoms with Crippen LogP contribution in [-0.2, 0) is 6.54 Å². The van der Waals surface area contributed by atoms with E-state index in [2.05, 4.69) is 28.6 Å². The van der Waals surface area contributed by atoms with Crippen LogP contribution in [0.4, 0.5) is 0 Å². The van der Waals surface area contributed by atoms with E-state index in [1.165, 1.54) is 0 Å². The normalized spacial score (nSPS) is 11.8. The molecule has 0 radical (unpaired) electrons. The topological polar surface area (TPSA) is 60.2 Å². The molecule has 0 heterocycles. The minimum absolute atomic E-state index is 0. The predicted molar refractivity (Wildman–Crippen MR) is 110 cm³/mol. The minimum Gasteiger partial charge on any atom is -0.352 e. The number of benzene rings is 2. The van der Waals surface area contributed by atoms with E-state index in [4.69, 9.17) is 16.9 Å². The molecule has 2 aromatic rings. The molecular weight excluding hydrogens is 435 g/mol. The standard InChI is InChI=1S/C18H19ClN4.HI/c1-13(16-7-4-8-17(19)10-16)23-18(21-2)22-12-15-6-3-5-14(9-15)11-20;/h3-10,13H,12H2,1-2H3,(H2,21,22,23);1H.